The lowest BCUT2D eigenvalue weighted by Crippen LogP contribution is -2.10. The number of benzene rings is 1. The topological polar surface area (TPSA) is 81.2 Å². The number of nitrogens with zero attached hydrogens (tertiary/aromatic N) is 2. The van der Waals surface area contributed by atoms with Gasteiger partial charge in [0, 0.05) is 29.7 Å². The molecule has 0 saturated heterocycles. The second-order valence-electron chi connectivity index (χ2n) is 4.87. The minimum atomic E-state index is -0.316. The molecule has 4 rings (SSSR count). The van der Waals surface area contributed by atoms with Crippen LogP contribution in [0.2, 0.25) is 0 Å². The van der Waals surface area contributed by atoms with E-state index < -0.39 is 0 Å². The molecule has 3 aromatic heterocycles. The molecule has 0 radical (unpaired) electrons. The molecule has 0 saturated carbocycles. The molecule has 6 nitrogen and oxygen atoms in total. The van der Waals surface area contributed by atoms with Crippen molar-refractivity contribution in [2.24, 2.45) is 0 Å². The van der Waals surface area contributed by atoms with Crippen molar-refractivity contribution in [3.8, 4) is 11.5 Å². The molecule has 0 bridgehead atoms. The van der Waals surface area contributed by atoms with Crippen LogP contribution < -0.4 is 5.32 Å². The van der Waals surface area contributed by atoms with Crippen molar-refractivity contribution in [2.45, 2.75) is 0 Å². The van der Waals surface area contributed by atoms with E-state index in [1.54, 1.807) is 42.7 Å². The highest BCUT2D eigenvalue weighted by Crippen LogP contribution is 2.26. The van der Waals surface area contributed by atoms with E-state index in [4.69, 9.17) is 8.83 Å². The number of oxazole rings is 1. The van der Waals surface area contributed by atoms with Crippen molar-refractivity contribution in [2.75, 3.05) is 5.32 Å². The highest BCUT2D eigenvalue weighted by Gasteiger charge is 2.12. The number of hydrogen-bond donors (Lipinski definition) is 1. The molecule has 4 aromatic rings. The Hall–Kier alpha value is -3.41. The third kappa shape index (κ3) is 2.57. The molecule has 112 valence electrons. The maximum atomic E-state index is 12.0. The lowest BCUT2D eigenvalue weighted by Gasteiger charge is -2.01. The third-order valence-electron chi connectivity index (χ3n) is 3.32. The number of amides is 1. The van der Waals surface area contributed by atoms with E-state index in [1.807, 2.05) is 12.1 Å². The van der Waals surface area contributed by atoms with Crippen LogP contribution in [0.5, 0.6) is 0 Å². The summed E-state index contributed by atoms with van der Waals surface area (Å²) in [5.74, 6) is 0.445. The standard InChI is InChI=1S/C17H11N3O3/c21-16(14-2-1-9-22-14)19-12-3-4-13-15(10-12)23-17(20-13)11-5-7-18-8-6-11/h1-10H,(H,19,21). The van der Waals surface area contributed by atoms with Gasteiger partial charge in [-0.1, -0.05) is 0 Å². The highest BCUT2D eigenvalue weighted by atomic mass is 16.3. The number of carbonyl (C=O) groups excluding carboxylic acids is 1. The molecule has 0 spiro atoms. The highest BCUT2D eigenvalue weighted by molar-refractivity contribution is 6.03. The summed E-state index contributed by atoms with van der Waals surface area (Å²) in [6.45, 7) is 0. The largest absolute Gasteiger partial charge is 0.459 e. The summed E-state index contributed by atoms with van der Waals surface area (Å²) in [6, 6.07) is 12.2. The lowest BCUT2D eigenvalue weighted by molar-refractivity contribution is 0.0996. The molecule has 1 aromatic carbocycles. The molecule has 0 aliphatic carbocycles. The molecule has 0 unspecified atom stereocenters. The van der Waals surface area contributed by atoms with Gasteiger partial charge in [-0.2, -0.15) is 0 Å². The summed E-state index contributed by atoms with van der Waals surface area (Å²) in [7, 11) is 0. The normalized spacial score (nSPS) is 10.8. The SMILES string of the molecule is O=C(Nc1ccc2nc(-c3ccncc3)oc2c1)c1ccco1. The first-order valence-corrected chi connectivity index (χ1v) is 6.95. The van der Waals surface area contributed by atoms with Gasteiger partial charge in [0.2, 0.25) is 5.89 Å². The fraction of sp³-hybridized carbons (Fsp3) is 0. The zero-order valence-corrected chi connectivity index (χ0v) is 11.9. The number of fused-ring (bicyclic) bond motifs is 1. The molecular weight excluding hydrogens is 294 g/mol. The number of furan rings is 1. The Bertz CT molecular complexity index is 959. The van der Waals surface area contributed by atoms with E-state index in [-0.39, 0.29) is 11.7 Å². The van der Waals surface area contributed by atoms with Gasteiger partial charge in [0.05, 0.1) is 6.26 Å². The number of carbonyl (C=O) groups is 1. The van der Waals surface area contributed by atoms with Gasteiger partial charge in [-0.25, -0.2) is 4.98 Å². The van der Waals surface area contributed by atoms with Crippen LogP contribution in [0.1, 0.15) is 10.6 Å². The van der Waals surface area contributed by atoms with Gasteiger partial charge in [0.15, 0.2) is 11.3 Å². The minimum absolute atomic E-state index is 0.250. The monoisotopic (exact) mass is 305 g/mol. The molecule has 23 heavy (non-hydrogen) atoms. The molecule has 0 aliphatic heterocycles. The van der Waals surface area contributed by atoms with Crippen LogP contribution >= 0.6 is 0 Å². The van der Waals surface area contributed by atoms with Crippen molar-refractivity contribution < 1.29 is 13.6 Å². The van der Waals surface area contributed by atoms with Gasteiger partial charge in [-0.05, 0) is 36.4 Å². The molecule has 0 fully saturated rings. The Morgan fingerprint density at radius 2 is 1.96 bits per heavy atom. The van der Waals surface area contributed by atoms with E-state index in [9.17, 15) is 4.79 Å². The number of hydrogen-bond acceptors (Lipinski definition) is 5. The zero-order chi connectivity index (χ0) is 15.6. The summed E-state index contributed by atoms with van der Waals surface area (Å²) in [5.41, 5.74) is 2.76. The van der Waals surface area contributed by atoms with Gasteiger partial charge in [0.1, 0.15) is 5.52 Å². The van der Waals surface area contributed by atoms with Crippen molar-refractivity contribution in [3.05, 3.63) is 66.9 Å². The van der Waals surface area contributed by atoms with Crippen LogP contribution in [0, 0.1) is 0 Å². The van der Waals surface area contributed by atoms with Crippen molar-refractivity contribution in [3.63, 3.8) is 0 Å². The van der Waals surface area contributed by atoms with Crippen molar-refractivity contribution in [1.29, 1.82) is 0 Å². The third-order valence-corrected chi connectivity index (χ3v) is 3.32. The number of pyridine rings is 1. The van der Waals surface area contributed by atoms with E-state index in [0.717, 1.165) is 5.56 Å². The Labute approximate surface area is 130 Å². The lowest BCUT2D eigenvalue weighted by atomic mass is 10.2. The molecule has 3 heterocycles. The van der Waals surface area contributed by atoms with E-state index in [2.05, 4.69) is 15.3 Å². The van der Waals surface area contributed by atoms with Gasteiger partial charge < -0.3 is 14.2 Å². The molecule has 1 amide bonds. The maximum Gasteiger partial charge on any atom is 0.291 e. The molecule has 0 atom stereocenters. The summed E-state index contributed by atoms with van der Waals surface area (Å²) < 4.78 is 10.8. The zero-order valence-electron chi connectivity index (χ0n) is 11.9. The average Bonchev–Trinajstić information content (AvgIpc) is 3.25. The van der Waals surface area contributed by atoms with Crippen LogP contribution in [0.3, 0.4) is 0 Å². The van der Waals surface area contributed by atoms with Gasteiger partial charge in [-0.3, -0.25) is 9.78 Å². The number of nitrogens with one attached hydrogen (secondary N) is 1. The Morgan fingerprint density at radius 1 is 1.09 bits per heavy atom. The van der Waals surface area contributed by atoms with Crippen molar-refractivity contribution >= 4 is 22.7 Å². The predicted octanol–water partition coefficient (Wildman–Crippen LogP) is 3.74. The quantitative estimate of drug-likeness (QED) is 0.623. The van der Waals surface area contributed by atoms with Crippen LogP contribution in [-0.2, 0) is 0 Å². The van der Waals surface area contributed by atoms with E-state index in [0.29, 0.717) is 22.7 Å². The Kier molecular flexibility index (Phi) is 3.12. The summed E-state index contributed by atoms with van der Waals surface area (Å²) in [6.07, 6.45) is 4.81. The fourth-order valence-electron chi connectivity index (χ4n) is 2.22. The van der Waals surface area contributed by atoms with E-state index >= 15 is 0 Å². The smallest absolute Gasteiger partial charge is 0.291 e. The molecule has 6 heteroatoms. The number of rotatable bonds is 3. The maximum absolute atomic E-state index is 12.0. The van der Waals surface area contributed by atoms with Crippen LogP contribution in [-0.4, -0.2) is 15.9 Å². The first-order chi connectivity index (χ1) is 11.3. The Balaban J connectivity index is 1.64. The second-order valence-corrected chi connectivity index (χ2v) is 4.87. The molecule has 1 N–H and O–H groups in total. The molecular formula is C17H11N3O3. The minimum Gasteiger partial charge on any atom is -0.459 e. The van der Waals surface area contributed by atoms with Gasteiger partial charge >= 0.3 is 0 Å². The van der Waals surface area contributed by atoms with Crippen LogP contribution in [0.4, 0.5) is 5.69 Å². The first-order valence-electron chi connectivity index (χ1n) is 6.95. The number of aromatic nitrogens is 2. The van der Waals surface area contributed by atoms with E-state index in [1.165, 1.54) is 6.26 Å². The molecule has 0 aliphatic rings. The first kappa shape index (κ1) is 13.3. The van der Waals surface area contributed by atoms with Crippen LogP contribution in [0.25, 0.3) is 22.6 Å². The van der Waals surface area contributed by atoms with Gasteiger partial charge in [-0.15, -0.1) is 0 Å². The average molecular weight is 305 g/mol. The predicted molar refractivity (Wildman–Crippen MR) is 83.9 cm³/mol. The summed E-state index contributed by atoms with van der Waals surface area (Å²) >= 11 is 0. The van der Waals surface area contributed by atoms with Gasteiger partial charge in [0.25, 0.3) is 5.91 Å². The summed E-state index contributed by atoms with van der Waals surface area (Å²) in [5, 5.41) is 2.76. The fourth-order valence-corrected chi connectivity index (χ4v) is 2.22. The Morgan fingerprint density at radius 3 is 2.74 bits per heavy atom. The summed E-state index contributed by atoms with van der Waals surface area (Å²) in [4.78, 5) is 20.4. The second kappa shape index (κ2) is 5.42. The number of anilines is 1. The van der Waals surface area contributed by atoms with Crippen LogP contribution in [0.15, 0.2) is 70.0 Å². The van der Waals surface area contributed by atoms with Crippen molar-refractivity contribution in [1.82, 2.24) is 9.97 Å².